The van der Waals surface area contributed by atoms with Crippen LogP contribution < -0.4 is 16.0 Å². The second-order valence-corrected chi connectivity index (χ2v) is 11.5. The standard InChI is InChI=1S/C27H34ClN5O4S/c1-17-11-20(28)13-22(12-17)38-33-15-19(16-33)26(35)32-23(27(36)37)14-30-24(34)7-3-2-6-21-9-8-18-5-4-10-29-25(18)31-21/h8-9,11-13,19,23H,2-7,10,14-16H2,1H3,(H,29,31)(H,30,34)(H,32,35)(H,36,37). The molecule has 0 spiro atoms. The summed E-state index contributed by atoms with van der Waals surface area (Å²) >= 11 is 7.63. The number of carbonyl (C=O) groups excluding carboxylic acids is 2. The monoisotopic (exact) mass is 559 g/mol. The van der Waals surface area contributed by atoms with Gasteiger partial charge in [-0.15, -0.1) is 0 Å². The van der Waals surface area contributed by atoms with Crippen LogP contribution >= 0.6 is 23.5 Å². The first-order valence-corrected chi connectivity index (χ1v) is 14.1. The van der Waals surface area contributed by atoms with E-state index in [1.807, 2.05) is 35.5 Å². The van der Waals surface area contributed by atoms with E-state index < -0.39 is 12.0 Å². The molecule has 0 saturated carbocycles. The summed E-state index contributed by atoms with van der Waals surface area (Å²) in [5.41, 5.74) is 3.31. The third-order valence-electron chi connectivity index (χ3n) is 6.63. The maximum absolute atomic E-state index is 12.6. The first-order valence-electron chi connectivity index (χ1n) is 13.0. The molecule has 1 aromatic carbocycles. The molecule has 1 fully saturated rings. The van der Waals surface area contributed by atoms with Crippen LogP contribution in [0.15, 0.2) is 35.2 Å². The number of unbranched alkanes of at least 4 members (excludes halogenated alkanes) is 1. The number of amides is 2. The third-order valence-corrected chi connectivity index (χ3v) is 7.85. The van der Waals surface area contributed by atoms with Crippen LogP contribution in [0.4, 0.5) is 5.82 Å². The van der Waals surface area contributed by atoms with Crippen LogP contribution in [0.25, 0.3) is 0 Å². The van der Waals surface area contributed by atoms with Gasteiger partial charge in [-0.3, -0.25) is 9.59 Å². The van der Waals surface area contributed by atoms with Crippen molar-refractivity contribution in [3.8, 4) is 0 Å². The Bertz CT molecular complexity index is 1150. The number of aryl methyl sites for hydroxylation is 3. The van der Waals surface area contributed by atoms with Gasteiger partial charge in [-0.25, -0.2) is 14.1 Å². The van der Waals surface area contributed by atoms with Gasteiger partial charge < -0.3 is 21.1 Å². The minimum absolute atomic E-state index is 0.148. The molecule has 3 heterocycles. The number of aliphatic carboxylic acids is 1. The average molecular weight is 560 g/mol. The van der Waals surface area contributed by atoms with Gasteiger partial charge in [0, 0.05) is 48.2 Å². The Morgan fingerprint density at radius 2 is 2.05 bits per heavy atom. The summed E-state index contributed by atoms with van der Waals surface area (Å²) in [4.78, 5) is 42.2. The van der Waals surface area contributed by atoms with E-state index in [0.717, 1.165) is 54.2 Å². The molecule has 0 radical (unpaired) electrons. The highest BCUT2D eigenvalue weighted by atomic mass is 35.5. The van der Waals surface area contributed by atoms with Crippen LogP contribution in [0.3, 0.4) is 0 Å². The van der Waals surface area contributed by atoms with E-state index in [1.54, 1.807) is 0 Å². The van der Waals surface area contributed by atoms with Crippen molar-refractivity contribution in [2.24, 2.45) is 5.92 Å². The molecule has 1 unspecified atom stereocenters. The quantitative estimate of drug-likeness (QED) is 0.230. The summed E-state index contributed by atoms with van der Waals surface area (Å²) in [6.45, 7) is 3.79. The molecule has 2 aliphatic rings. The molecule has 9 nitrogen and oxygen atoms in total. The normalized spacial score (nSPS) is 16.1. The van der Waals surface area contributed by atoms with E-state index in [4.69, 9.17) is 11.6 Å². The van der Waals surface area contributed by atoms with Crippen molar-refractivity contribution in [1.29, 1.82) is 0 Å². The smallest absolute Gasteiger partial charge is 0.328 e. The molecule has 11 heteroatoms. The van der Waals surface area contributed by atoms with E-state index in [9.17, 15) is 19.5 Å². The van der Waals surface area contributed by atoms with Crippen molar-refractivity contribution < 1.29 is 19.5 Å². The van der Waals surface area contributed by atoms with Gasteiger partial charge >= 0.3 is 5.97 Å². The molecule has 2 amide bonds. The molecular formula is C27H34ClN5O4S. The number of anilines is 1. The number of fused-ring (bicyclic) bond motifs is 1. The topological polar surface area (TPSA) is 124 Å². The molecule has 1 atom stereocenters. The van der Waals surface area contributed by atoms with Crippen LogP contribution in [0.2, 0.25) is 5.02 Å². The van der Waals surface area contributed by atoms with Crippen LogP contribution in [-0.2, 0) is 27.2 Å². The first kappa shape index (κ1) is 28.2. The first-order chi connectivity index (χ1) is 18.3. The Labute approximate surface area is 232 Å². The number of pyridine rings is 1. The van der Waals surface area contributed by atoms with Gasteiger partial charge in [0.25, 0.3) is 0 Å². The van der Waals surface area contributed by atoms with Crippen molar-refractivity contribution in [3.05, 3.63) is 52.2 Å². The zero-order valence-electron chi connectivity index (χ0n) is 21.5. The molecule has 0 aliphatic carbocycles. The number of benzene rings is 1. The highest BCUT2D eigenvalue weighted by Crippen LogP contribution is 2.32. The zero-order chi connectivity index (χ0) is 27.1. The second-order valence-electron chi connectivity index (χ2n) is 9.85. The van der Waals surface area contributed by atoms with Crippen molar-refractivity contribution in [1.82, 2.24) is 19.9 Å². The minimum Gasteiger partial charge on any atom is -0.480 e. The predicted octanol–water partition coefficient (Wildman–Crippen LogP) is 3.44. The van der Waals surface area contributed by atoms with Gasteiger partial charge in [-0.1, -0.05) is 17.7 Å². The van der Waals surface area contributed by atoms with Crippen LogP contribution in [0.5, 0.6) is 0 Å². The summed E-state index contributed by atoms with van der Waals surface area (Å²) in [6, 6.07) is 8.78. The second kappa shape index (κ2) is 13.3. The number of nitrogens with one attached hydrogen (secondary N) is 3. The van der Waals surface area contributed by atoms with Crippen molar-refractivity contribution in [2.45, 2.75) is 56.4 Å². The zero-order valence-corrected chi connectivity index (χ0v) is 23.0. The Hall–Kier alpha value is -2.82. The van der Waals surface area contributed by atoms with Crippen molar-refractivity contribution in [3.63, 3.8) is 0 Å². The lowest BCUT2D eigenvalue weighted by molar-refractivity contribution is -0.143. The van der Waals surface area contributed by atoms with E-state index in [0.29, 0.717) is 31.0 Å². The summed E-state index contributed by atoms with van der Waals surface area (Å²) in [6.07, 6.45) is 4.73. The van der Waals surface area contributed by atoms with Crippen molar-refractivity contribution in [2.75, 3.05) is 31.5 Å². The Morgan fingerprint density at radius 1 is 1.24 bits per heavy atom. The van der Waals surface area contributed by atoms with E-state index in [2.05, 4.69) is 27.0 Å². The molecule has 2 aliphatic heterocycles. The Morgan fingerprint density at radius 3 is 2.82 bits per heavy atom. The fourth-order valence-electron chi connectivity index (χ4n) is 4.48. The predicted molar refractivity (Wildman–Crippen MR) is 148 cm³/mol. The van der Waals surface area contributed by atoms with Gasteiger partial charge in [0.05, 0.1) is 5.92 Å². The highest BCUT2D eigenvalue weighted by molar-refractivity contribution is 7.97. The van der Waals surface area contributed by atoms with Crippen LogP contribution in [-0.4, -0.2) is 64.4 Å². The average Bonchev–Trinajstić information content (AvgIpc) is 2.85. The summed E-state index contributed by atoms with van der Waals surface area (Å²) in [5, 5.41) is 18.7. The van der Waals surface area contributed by atoms with Crippen LogP contribution in [0, 0.1) is 12.8 Å². The summed E-state index contributed by atoms with van der Waals surface area (Å²) < 4.78 is 2.03. The SMILES string of the molecule is Cc1cc(Cl)cc(SN2CC(C(=O)NC(CNC(=O)CCCCc3ccc4c(n3)NCCC4)C(=O)O)C2)c1. The molecule has 1 aromatic heterocycles. The van der Waals surface area contributed by atoms with Gasteiger partial charge in [0.15, 0.2) is 0 Å². The van der Waals surface area contributed by atoms with E-state index >= 15 is 0 Å². The summed E-state index contributed by atoms with van der Waals surface area (Å²) in [5.74, 6) is -1.05. The number of hydrogen-bond acceptors (Lipinski definition) is 7. The van der Waals surface area contributed by atoms with Crippen molar-refractivity contribution >= 4 is 47.2 Å². The van der Waals surface area contributed by atoms with Gasteiger partial charge in [0.1, 0.15) is 11.9 Å². The van der Waals surface area contributed by atoms with E-state index in [-0.39, 0.29) is 24.3 Å². The molecule has 204 valence electrons. The molecule has 4 N–H and O–H groups in total. The fourth-order valence-corrected chi connectivity index (χ4v) is 6.06. The largest absolute Gasteiger partial charge is 0.480 e. The molecule has 4 rings (SSSR count). The number of halogens is 1. The fraction of sp³-hybridized carbons (Fsp3) is 0.481. The van der Waals surface area contributed by atoms with Gasteiger partial charge in [0.2, 0.25) is 11.8 Å². The summed E-state index contributed by atoms with van der Waals surface area (Å²) in [7, 11) is 0. The maximum Gasteiger partial charge on any atom is 0.328 e. The van der Waals surface area contributed by atoms with E-state index in [1.165, 1.54) is 17.5 Å². The Kier molecular flexibility index (Phi) is 9.87. The lowest BCUT2D eigenvalue weighted by Crippen LogP contribution is -2.56. The number of carboxylic acid groups (broad SMARTS) is 1. The molecule has 0 bridgehead atoms. The molecule has 38 heavy (non-hydrogen) atoms. The number of nitrogens with zero attached hydrogens (tertiary/aromatic N) is 2. The number of carbonyl (C=O) groups is 3. The van der Waals surface area contributed by atoms with Gasteiger partial charge in [-0.05, 0) is 86.4 Å². The maximum atomic E-state index is 12.6. The third kappa shape index (κ3) is 8.09. The minimum atomic E-state index is -1.18. The lowest BCUT2D eigenvalue weighted by atomic mass is 10.0. The number of carboxylic acids is 1. The molecule has 2 aromatic rings. The number of rotatable bonds is 12. The van der Waals surface area contributed by atoms with Crippen LogP contribution in [0.1, 0.15) is 42.5 Å². The highest BCUT2D eigenvalue weighted by Gasteiger charge is 2.35. The Balaban J connectivity index is 1.13. The molecular weight excluding hydrogens is 526 g/mol. The number of aromatic nitrogens is 1. The number of hydrogen-bond donors (Lipinski definition) is 4. The lowest BCUT2D eigenvalue weighted by Gasteiger charge is -2.37. The molecule has 1 saturated heterocycles. The van der Waals surface area contributed by atoms with Gasteiger partial charge in [-0.2, -0.15) is 0 Å².